The first-order valence-electron chi connectivity index (χ1n) is 6.16. The Bertz CT molecular complexity index is 593. The van der Waals surface area contributed by atoms with Crippen molar-refractivity contribution in [1.29, 1.82) is 0 Å². The molecule has 92 valence electrons. The molecule has 0 amide bonds. The Labute approximate surface area is 106 Å². The summed E-state index contributed by atoms with van der Waals surface area (Å²) in [6, 6.07) is 10.1. The molecule has 0 spiro atoms. The normalized spacial score (nSPS) is 13.5. The molecule has 0 saturated heterocycles. The maximum absolute atomic E-state index is 5.67. The maximum Gasteiger partial charge on any atom is 0.125 e. The minimum absolute atomic E-state index is 0.762. The number of hydrogen-bond donors (Lipinski definition) is 1. The summed E-state index contributed by atoms with van der Waals surface area (Å²) in [6.07, 6.45) is 1.88. The van der Waals surface area contributed by atoms with Crippen LogP contribution >= 0.6 is 0 Å². The third-order valence-corrected chi connectivity index (χ3v) is 3.19. The van der Waals surface area contributed by atoms with E-state index in [1.165, 1.54) is 11.3 Å². The van der Waals surface area contributed by atoms with Gasteiger partial charge in [-0.25, -0.2) is 4.68 Å². The number of anilines is 1. The SMILES string of the molecule is Cc1cc2n(n1)C(CCc1ccc(N)cc1)=NC2. The smallest absolute Gasteiger partial charge is 0.125 e. The van der Waals surface area contributed by atoms with Gasteiger partial charge in [-0.3, -0.25) is 4.99 Å². The largest absolute Gasteiger partial charge is 0.399 e. The minimum atomic E-state index is 0.762. The van der Waals surface area contributed by atoms with Gasteiger partial charge >= 0.3 is 0 Å². The number of nitrogens with zero attached hydrogens (tertiary/aromatic N) is 3. The van der Waals surface area contributed by atoms with Gasteiger partial charge in [0.25, 0.3) is 0 Å². The van der Waals surface area contributed by atoms with E-state index in [4.69, 9.17) is 5.73 Å². The summed E-state index contributed by atoms with van der Waals surface area (Å²) < 4.78 is 1.98. The Morgan fingerprint density at radius 2 is 2.00 bits per heavy atom. The summed E-state index contributed by atoms with van der Waals surface area (Å²) in [5.41, 5.74) is 10.0. The van der Waals surface area contributed by atoms with Crippen LogP contribution in [0.5, 0.6) is 0 Å². The number of aryl methyl sites for hydroxylation is 2. The van der Waals surface area contributed by atoms with Crippen LogP contribution < -0.4 is 5.73 Å². The molecular weight excluding hydrogens is 224 g/mol. The highest BCUT2D eigenvalue weighted by Crippen LogP contribution is 2.15. The number of aromatic nitrogens is 2. The number of aliphatic imine (C=N–C) groups is 1. The fourth-order valence-corrected chi connectivity index (χ4v) is 2.25. The van der Waals surface area contributed by atoms with Crippen molar-refractivity contribution >= 4 is 11.5 Å². The molecule has 1 aliphatic heterocycles. The van der Waals surface area contributed by atoms with Crippen LogP contribution in [0.3, 0.4) is 0 Å². The maximum atomic E-state index is 5.67. The van der Waals surface area contributed by atoms with Gasteiger partial charge in [0.2, 0.25) is 0 Å². The van der Waals surface area contributed by atoms with Crippen molar-refractivity contribution in [3.05, 3.63) is 47.3 Å². The van der Waals surface area contributed by atoms with E-state index < -0.39 is 0 Å². The Balaban J connectivity index is 1.70. The van der Waals surface area contributed by atoms with E-state index in [9.17, 15) is 0 Å². The molecule has 0 atom stereocenters. The molecule has 4 heteroatoms. The molecule has 0 saturated carbocycles. The molecule has 0 radical (unpaired) electrons. The van der Waals surface area contributed by atoms with Gasteiger partial charge in [-0.1, -0.05) is 12.1 Å². The molecule has 2 N–H and O–H groups in total. The number of fused-ring (bicyclic) bond motifs is 1. The predicted molar refractivity (Wildman–Crippen MR) is 72.7 cm³/mol. The Morgan fingerprint density at radius 3 is 2.78 bits per heavy atom. The quantitative estimate of drug-likeness (QED) is 0.836. The van der Waals surface area contributed by atoms with E-state index in [0.717, 1.165) is 36.6 Å². The van der Waals surface area contributed by atoms with E-state index in [2.05, 4.69) is 28.3 Å². The van der Waals surface area contributed by atoms with Crippen molar-refractivity contribution in [2.45, 2.75) is 26.3 Å². The predicted octanol–water partition coefficient (Wildman–Crippen LogP) is 2.17. The van der Waals surface area contributed by atoms with Crippen LogP contribution in [0.25, 0.3) is 0 Å². The van der Waals surface area contributed by atoms with Gasteiger partial charge in [-0.2, -0.15) is 5.10 Å². The molecule has 1 aliphatic rings. The van der Waals surface area contributed by atoms with Gasteiger partial charge in [0.05, 0.1) is 17.9 Å². The van der Waals surface area contributed by atoms with Crippen LogP contribution in [-0.4, -0.2) is 15.6 Å². The zero-order valence-corrected chi connectivity index (χ0v) is 10.4. The Kier molecular flexibility index (Phi) is 2.63. The van der Waals surface area contributed by atoms with E-state index >= 15 is 0 Å². The molecule has 1 aromatic heterocycles. The van der Waals surface area contributed by atoms with Crippen molar-refractivity contribution in [1.82, 2.24) is 9.78 Å². The average Bonchev–Trinajstić information content (AvgIpc) is 2.88. The Hall–Kier alpha value is -2.10. The zero-order valence-electron chi connectivity index (χ0n) is 10.4. The summed E-state index contributed by atoms with van der Waals surface area (Å²) in [5.74, 6) is 1.06. The first-order valence-corrected chi connectivity index (χ1v) is 6.16. The van der Waals surface area contributed by atoms with Gasteiger partial charge in [0.1, 0.15) is 5.84 Å². The first kappa shape index (κ1) is 11.0. The van der Waals surface area contributed by atoms with Crippen LogP contribution in [0, 0.1) is 6.92 Å². The molecule has 4 nitrogen and oxygen atoms in total. The van der Waals surface area contributed by atoms with Crippen LogP contribution in [0.15, 0.2) is 35.3 Å². The third-order valence-electron chi connectivity index (χ3n) is 3.19. The van der Waals surface area contributed by atoms with E-state index in [1.54, 1.807) is 0 Å². The van der Waals surface area contributed by atoms with Crippen molar-refractivity contribution in [3.63, 3.8) is 0 Å². The summed E-state index contributed by atoms with van der Waals surface area (Å²) in [7, 11) is 0. The first-order chi connectivity index (χ1) is 8.72. The second kappa shape index (κ2) is 4.29. The lowest BCUT2D eigenvalue weighted by atomic mass is 10.1. The molecule has 0 bridgehead atoms. The van der Waals surface area contributed by atoms with Gasteiger partial charge in [0.15, 0.2) is 0 Å². The lowest BCUT2D eigenvalue weighted by molar-refractivity contribution is 0.861. The second-order valence-corrected chi connectivity index (χ2v) is 4.66. The van der Waals surface area contributed by atoms with Gasteiger partial charge in [-0.15, -0.1) is 0 Å². The number of hydrogen-bond acceptors (Lipinski definition) is 3. The fourth-order valence-electron chi connectivity index (χ4n) is 2.25. The molecule has 18 heavy (non-hydrogen) atoms. The number of rotatable bonds is 3. The molecular formula is C14H16N4. The molecule has 2 aromatic rings. The van der Waals surface area contributed by atoms with E-state index in [1.807, 2.05) is 23.7 Å². The van der Waals surface area contributed by atoms with E-state index in [-0.39, 0.29) is 0 Å². The molecule has 0 unspecified atom stereocenters. The number of nitrogens with two attached hydrogens (primary N) is 1. The summed E-state index contributed by atoms with van der Waals surface area (Å²) in [6.45, 7) is 2.78. The highest BCUT2D eigenvalue weighted by Gasteiger charge is 2.16. The molecule has 2 heterocycles. The van der Waals surface area contributed by atoms with Gasteiger partial charge < -0.3 is 5.73 Å². The van der Waals surface area contributed by atoms with Crippen LogP contribution in [0.4, 0.5) is 5.69 Å². The fraction of sp³-hybridized carbons (Fsp3) is 0.286. The molecule has 0 aliphatic carbocycles. The van der Waals surface area contributed by atoms with Crippen LogP contribution in [0.2, 0.25) is 0 Å². The third kappa shape index (κ3) is 2.01. The lowest BCUT2D eigenvalue weighted by Crippen LogP contribution is -2.12. The highest BCUT2D eigenvalue weighted by molar-refractivity contribution is 5.86. The van der Waals surface area contributed by atoms with E-state index in [0.29, 0.717) is 0 Å². The van der Waals surface area contributed by atoms with Crippen molar-refractivity contribution in [2.24, 2.45) is 4.99 Å². The highest BCUT2D eigenvalue weighted by atomic mass is 15.3. The molecule has 1 aromatic carbocycles. The van der Waals surface area contributed by atoms with Crippen LogP contribution in [-0.2, 0) is 13.0 Å². The van der Waals surface area contributed by atoms with Gasteiger partial charge in [-0.05, 0) is 37.1 Å². The van der Waals surface area contributed by atoms with Crippen molar-refractivity contribution < 1.29 is 0 Å². The lowest BCUT2D eigenvalue weighted by Gasteiger charge is -2.04. The standard InChI is InChI=1S/C14H16N4/c1-10-8-13-9-16-14(18(13)17-10)7-4-11-2-5-12(15)6-3-11/h2-3,5-6,8H,4,7,9,15H2,1H3. The summed E-state index contributed by atoms with van der Waals surface area (Å²) in [4.78, 5) is 4.53. The zero-order chi connectivity index (χ0) is 12.5. The van der Waals surface area contributed by atoms with Gasteiger partial charge in [0, 0.05) is 12.1 Å². The molecule has 3 rings (SSSR count). The average molecular weight is 240 g/mol. The minimum Gasteiger partial charge on any atom is -0.399 e. The summed E-state index contributed by atoms with van der Waals surface area (Å²) in [5, 5.41) is 4.46. The Morgan fingerprint density at radius 1 is 1.22 bits per heavy atom. The topological polar surface area (TPSA) is 56.2 Å². The number of nitrogen functional groups attached to an aromatic ring is 1. The van der Waals surface area contributed by atoms with Crippen molar-refractivity contribution in [2.75, 3.05) is 5.73 Å². The second-order valence-electron chi connectivity index (χ2n) is 4.66. The number of benzene rings is 1. The van der Waals surface area contributed by atoms with Crippen molar-refractivity contribution in [3.8, 4) is 0 Å². The van der Waals surface area contributed by atoms with Crippen LogP contribution in [0.1, 0.15) is 23.4 Å². The monoisotopic (exact) mass is 240 g/mol. The molecule has 0 fully saturated rings. The summed E-state index contributed by atoms with van der Waals surface area (Å²) >= 11 is 0.